The molecule has 0 aliphatic rings. The van der Waals surface area contributed by atoms with Crippen molar-refractivity contribution in [2.24, 2.45) is 0 Å². The molecule has 106 valence electrons. The van der Waals surface area contributed by atoms with Crippen molar-refractivity contribution in [3.63, 3.8) is 0 Å². The minimum Gasteiger partial charge on any atom is -0.481 e. The lowest BCUT2D eigenvalue weighted by molar-refractivity contribution is -0.137. The van der Waals surface area contributed by atoms with Gasteiger partial charge in [0, 0.05) is 13.0 Å². The van der Waals surface area contributed by atoms with Crippen molar-refractivity contribution in [2.45, 2.75) is 26.2 Å². The van der Waals surface area contributed by atoms with Gasteiger partial charge in [-0.1, -0.05) is 19.1 Å². The van der Waals surface area contributed by atoms with E-state index >= 15 is 0 Å². The molecule has 3 N–H and O–H groups in total. The van der Waals surface area contributed by atoms with Gasteiger partial charge in [-0.3, -0.25) is 9.52 Å². The third-order valence-electron chi connectivity index (χ3n) is 2.45. The van der Waals surface area contributed by atoms with Crippen LogP contribution in [0.4, 0.5) is 5.69 Å². The summed E-state index contributed by atoms with van der Waals surface area (Å²) >= 11 is 0. The molecular formula is C12H18N2O4S. The van der Waals surface area contributed by atoms with E-state index in [4.69, 9.17) is 5.11 Å². The first kappa shape index (κ1) is 15.5. The van der Waals surface area contributed by atoms with Crippen LogP contribution in [0, 0.1) is 0 Å². The van der Waals surface area contributed by atoms with Gasteiger partial charge in [0.1, 0.15) is 0 Å². The van der Waals surface area contributed by atoms with Crippen molar-refractivity contribution in [3.8, 4) is 0 Å². The lowest BCUT2D eigenvalue weighted by atomic mass is 10.1. The summed E-state index contributed by atoms with van der Waals surface area (Å²) in [7, 11) is -3.65. The summed E-state index contributed by atoms with van der Waals surface area (Å²) in [5.74, 6) is -0.942. The van der Waals surface area contributed by atoms with Crippen LogP contribution in [-0.2, 0) is 21.4 Å². The molecule has 0 radical (unpaired) electrons. The number of anilines is 1. The number of nitrogens with one attached hydrogen (secondary N) is 2. The van der Waals surface area contributed by atoms with Crippen LogP contribution in [0.25, 0.3) is 0 Å². The molecule has 0 amide bonds. The van der Waals surface area contributed by atoms with Gasteiger partial charge >= 0.3 is 5.97 Å². The quantitative estimate of drug-likeness (QED) is 0.629. The molecule has 1 aromatic rings. The highest BCUT2D eigenvalue weighted by Gasteiger charge is 2.09. The standard InChI is InChI=1S/C12H18N2O4S/c1-2-10-5-3-6-11(9-10)14-19(17,18)13-8-4-7-12(15)16/h3,5-6,9,13-14H,2,4,7-8H2,1H3,(H,15,16). The van der Waals surface area contributed by atoms with Gasteiger partial charge in [-0.2, -0.15) is 13.1 Å². The molecule has 6 nitrogen and oxygen atoms in total. The van der Waals surface area contributed by atoms with Gasteiger partial charge in [0.05, 0.1) is 5.69 Å². The SMILES string of the molecule is CCc1cccc(NS(=O)(=O)NCCCC(=O)O)c1. The van der Waals surface area contributed by atoms with Crippen LogP contribution in [0.2, 0.25) is 0 Å². The number of carbonyl (C=O) groups is 1. The molecule has 7 heteroatoms. The van der Waals surface area contributed by atoms with E-state index in [2.05, 4.69) is 9.44 Å². The summed E-state index contributed by atoms with van der Waals surface area (Å²) in [6.45, 7) is 2.08. The molecule has 0 fully saturated rings. The van der Waals surface area contributed by atoms with Gasteiger partial charge in [-0.05, 0) is 30.5 Å². The fraction of sp³-hybridized carbons (Fsp3) is 0.417. The number of aliphatic carboxylic acids is 1. The van der Waals surface area contributed by atoms with E-state index in [1.165, 1.54) is 0 Å². The lowest BCUT2D eigenvalue weighted by Crippen LogP contribution is -2.31. The van der Waals surface area contributed by atoms with Crippen molar-refractivity contribution >= 4 is 21.9 Å². The van der Waals surface area contributed by atoms with E-state index in [1.807, 2.05) is 13.0 Å². The lowest BCUT2D eigenvalue weighted by Gasteiger charge is -2.09. The van der Waals surface area contributed by atoms with Crippen molar-refractivity contribution < 1.29 is 18.3 Å². The Morgan fingerprint density at radius 1 is 1.37 bits per heavy atom. The monoisotopic (exact) mass is 286 g/mol. The van der Waals surface area contributed by atoms with Crippen LogP contribution < -0.4 is 9.44 Å². The second-order valence-electron chi connectivity index (χ2n) is 4.05. The van der Waals surface area contributed by atoms with Crippen LogP contribution in [0.5, 0.6) is 0 Å². The Labute approximate surface area is 113 Å². The summed E-state index contributed by atoms with van der Waals surface area (Å²) in [6, 6.07) is 7.12. The third kappa shape index (κ3) is 6.21. The molecule has 0 unspecified atom stereocenters. The number of carboxylic acids is 1. The van der Waals surface area contributed by atoms with Crippen LogP contribution in [0.3, 0.4) is 0 Å². The zero-order chi connectivity index (χ0) is 14.3. The van der Waals surface area contributed by atoms with Crippen molar-refractivity contribution in [3.05, 3.63) is 29.8 Å². The highest BCUT2D eigenvalue weighted by molar-refractivity contribution is 7.90. The molecule has 1 rings (SSSR count). The number of rotatable bonds is 8. The molecule has 0 saturated carbocycles. The minimum absolute atomic E-state index is 0.0617. The van der Waals surface area contributed by atoms with Crippen LogP contribution >= 0.6 is 0 Å². The van der Waals surface area contributed by atoms with Crippen LogP contribution in [0.15, 0.2) is 24.3 Å². The largest absolute Gasteiger partial charge is 0.481 e. The molecule has 19 heavy (non-hydrogen) atoms. The summed E-state index contributed by atoms with van der Waals surface area (Å²) in [4.78, 5) is 10.3. The molecule has 1 aromatic carbocycles. The van der Waals surface area contributed by atoms with Crippen molar-refractivity contribution in [1.29, 1.82) is 0 Å². The van der Waals surface area contributed by atoms with Gasteiger partial charge in [0.25, 0.3) is 10.2 Å². The zero-order valence-corrected chi connectivity index (χ0v) is 11.5. The number of aryl methyl sites for hydroxylation is 1. The first-order valence-electron chi connectivity index (χ1n) is 6.01. The average molecular weight is 286 g/mol. The van der Waals surface area contributed by atoms with Crippen LogP contribution in [0.1, 0.15) is 25.3 Å². The fourth-order valence-corrected chi connectivity index (χ4v) is 2.41. The predicted octanol–water partition coefficient (Wildman–Crippen LogP) is 1.36. The Morgan fingerprint density at radius 3 is 2.74 bits per heavy atom. The maximum absolute atomic E-state index is 11.7. The molecule has 0 heterocycles. The van der Waals surface area contributed by atoms with E-state index in [0.717, 1.165) is 12.0 Å². The topological polar surface area (TPSA) is 95.5 Å². The van der Waals surface area contributed by atoms with Gasteiger partial charge in [-0.15, -0.1) is 0 Å². The van der Waals surface area contributed by atoms with Gasteiger partial charge < -0.3 is 5.11 Å². The molecular weight excluding hydrogens is 268 g/mol. The zero-order valence-electron chi connectivity index (χ0n) is 10.7. The first-order valence-corrected chi connectivity index (χ1v) is 7.49. The maximum Gasteiger partial charge on any atom is 0.303 e. The van der Waals surface area contributed by atoms with Gasteiger partial charge in [-0.25, -0.2) is 0 Å². The van der Waals surface area contributed by atoms with E-state index in [-0.39, 0.29) is 19.4 Å². The summed E-state index contributed by atoms with van der Waals surface area (Å²) < 4.78 is 28.0. The van der Waals surface area contributed by atoms with E-state index in [1.54, 1.807) is 18.2 Å². The molecule has 0 aromatic heterocycles. The Kier molecular flexibility index (Phi) is 5.78. The first-order chi connectivity index (χ1) is 8.93. The Bertz CT molecular complexity index is 528. The van der Waals surface area contributed by atoms with E-state index in [9.17, 15) is 13.2 Å². The minimum atomic E-state index is -3.65. The Hall–Kier alpha value is -1.60. The second kappa shape index (κ2) is 7.10. The number of hydrogen-bond donors (Lipinski definition) is 3. The van der Waals surface area contributed by atoms with E-state index in [0.29, 0.717) is 5.69 Å². The molecule has 0 aliphatic carbocycles. The fourth-order valence-electron chi connectivity index (χ4n) is 1.49. The highest BCUT2D eigenvalue weighted by Crippen LogP contribution is 2.12. The van der Waals surface area contributed by atoms with Gasteiger partial charge in [0.2, 0.25) is 0 Å². The van der Waals surface area contributed by atoms with Gasteiger partial charge in [0.15, 0.2) is 0 Å². The summed E-state index contributed by atoms with van der Waals surface area (Å²) in [5, 5.41) is 8.44. The molecule has 0 bridgehead atoms. The molecule has 0 saturated heterocycles. The molecule has 0 spiro atoms. The van der Waals surface area contributed by atoms with Crippen LogP contribution in [-0.4, -0.2) is 26.0 Å². The number of benzene rings is 1. The smallest absolute Gasteiger partial charge is 0.303 e. The summed E-state index contributed by atoms with van der Waals surface area (Å²) in [5.41, 5.74) is 1.52. The molecule has 0 atom stereocenters. The van der Waals surface area contributed by atoms with Crippen molar-refractivity contribution in [2.75, 3.05) is 11.3 Å². The Balaban J connectivity index is 2.51. The third-order valence-corrected chi connectivity index (χ3v) is 3.54. The second-order valence-corrected chi connectivity index (χ2v) is 5.55. The van der Waals surface area contributed by atoms with Crippen molar-refractivity contribution in [1.82, 2.24) is 4.72 Å². The highest BCUT2D eigenvalue weighted by atomic mass is 32.2. The van der Waals surface area contributed by atoms with E-state index < -0.39 is 16.2 Å². The normalized spacial score (nSPS) is 11.2. The summed E-state index contributed by atoms with van der Waals surface area (Å²) in [6.07, 6.45) is 1.01. The Morgan fingerprint density at radius 2 is 2.11 bits per heavy atom. The average Bonchev–Trinajstić information content (AvgIpc) is 2.34. The maximum atomic E-state index is 11.7. The number of hydrogen-bond acceptors (Lipinski definition) is 3. The predicted molar refractivity (Wildman–Crippen MR) is 73.2 cm³/mol. The number of carboxylic acid groups (broad SMARTS) is 1. The molecule has 0 aliphatic heterocycles.